The zero-order valence-corrected chi connectivity index (χ0v) is 14.9. The van der Waals surface area contributed by atoms with E-state index >= 15 is 0 Å². The molecule has 3 N–H and O–H groups in total. The number of sulfonamides is 1. The fraction of sp³-hybridized carbons (Fsp3) is 0.500. The van der Waals surface area contributed by atoms with Crippen LogP contribution in [0.25, 0.3) is 0 Å². The summed E-state index contributed by atoms with van der Waals surface area (Å²) in [5.74, 6) is -0.141. The van der Waals surface area contributed by atoms with Crippen molar-refractivity contribution in [2.45, 2.75) is 38.0 Å². The Hall–Kier alpha value is -1.93. The number of nitrogens with zero attached hydrogens (tertiary/aromatic N) is 1. The van der Waals surface area contributed by atoms with E-state index in [1.165, 1.54) is 19.1 Å². The summed E-state index contributed by atoms with van der Waals surface area (Å²) < 4.78 is 22.3. The van der Waals surface area contributed by atoms with E-state index in [-0.39, 0.29) is 23.1 Å². The van der Waals surface area contributed by atoms with Crippen LogP contribution in [-0.4, -0.2) is 44.8 Å². The topological polar surface area (TPSA) is 110 Å². The van der Waals surface area contributed by atoms with E-state index in [1.807, 2.05) is 6.92 Å². The summed E-state index contributed by atoms with van der Waals surface area (Å²) in [6.07, 6.45) is 1.71. The standard InChI is InChI=1S/C16H25N3O4S/c1-3-11-19(13(2)20)12-9-16(21)18-10-8-14-4-6-15(7-5-14)24(17,22)23/h4-7H,3,8-12H2,1-2H3,(H,18,21)(H2,17,22,23). The van der Waals surface area contributed by atoms with Gasteiger partial charge in [-0.2, -0.15) is 0 Å². The van der Waals surface area contributed by atoms with Gasteiger partial charge in [0, 0.05) is 33.0 Å². The van der Waals surface area contributed by atoms with Gasteiger partial charge in [-0.05, 0) is 30.5 Å². The number of nitrogens with two attached hydrogens (primary N) is 1. The van der Waals surface area contributed by atoms with Gasteiger partial charge in [0.25, 0.3) is 0 Å². The molecule has 1 rings (SSSR count). The molecule has 0 bridgehead atoms. The van der Waals surface area contributed by atoms with Gasteiger partial charge in [0.15, 0.2) is 0 Å². The Balaban J connectivity index is 2.36. The maximum Gasteiger partial charge on any atom is 0.238 e. The van der Waals surface area contributed by atoms with E-state index in [9.17, 15) is 18.0 Å². The summed E-state index contributed by atoms with van der Waals surface area (Å²) in [5, 5.41) is 7.83. The van der Waals surface area contributed by atoms with Gasteiger partial charge in [-0.1, -0.05) is 19.1 Å². The second kappa shape index (κ2) is 9.39. The van der Waals surface area contributed by atoms with E-state index in [2.05, 4.69) is 5.32 Å². The fourth-order valence-electron chi connectivity index (χ4n) is 2.21. The van der Waals surface area contributed by atoms with Gasteiger partial charge in [0.1, 0.15) is 0 Å². The quantitative estimate of drug-likeness (QED) is 0.677. The van der Waals surface area contributed by atoms with Crippen molar-refractivity contribution in [2.75, 3.05) is 19.6 Å². The van der Waals surface area contributed by atoms with Gasteiger partial charge in [-0.15, -0.1) is 0 Å². The van der Waals surface area contributed by atoms with Crippen LogP contribution >= 0.6 is 0 Å². The first kappa shape index (κ1) is 20.1. The third kappa shape index (κ3) is 7.10. The Bertz CT molecular complexity index is 656. The summed E-state index contributed by atoms with van der Waals surface area (Å²) >= 11 is 0. The lowest BCUT2D eigenvalue weighted by Gasteiger charge is -2.19. The molecule has 0 saturated heterocycles. The average molecular weight is 355 g/mol. The lowest BCUT2D eigenvalue weighted by Crippen LogP contribution is -2.34. The Kier molecular flexibility index (Phi) is 7.87. The van der Waals surface area contributed by atoms with Crippen LogP contribution in [0.3, 0.4) is 0 Å². The van der Waals surface area contributed by atoms with Crippen LogP contribution in [0.5, 0.6) is 0 Å². The molecule has 0 aliphatic rings. The molecule has 7 nitrogen and oxygen atoms in total. The van der Waals surface area contributed by atoms with Crippen LogP contribution in [-0.2, 0) is 26.0 Å². The van der Waals surface area contributed by atoms with Gasteiger partial charge in [-0.3, -0.25) is 9.59 Å². The van der Waals surface area contributed by atoms with E-state index in [4.69, 9.17) is 5.14 Å². The minimum absolute atomic E-state index is 0.0282. The molecule has 0 saturated carbocycles. The molecule has 2 amide bonds. The molecule has 24 heavy (non-hydrogen) atoms. The number of carbonyl (C=O) groups excluding carboxylic acids is 2. The molecule has 134 valence electrons. The highest BCUT2D eigenvalue weighted by Gasteiger charge is 2.10. The molecule has 0 fully saturated rings. The molecule has 0 spiro atoms. The van der Waals surface area contributed by atoms with Crippen LogP contribution in [0, 0.1) is 0 Å². The maximum absolute atomic E-state index is 11.8. The molecule has 1 aromatic rings. The van der Waals surface area contributed by atoms with Gasteiger partial charge >= 0.3 is 0 Å². The first-order valence-corrected chi connectivity index (χ1v) is 9.42. The molecular formula is C16H25N3O4S. The summed E-state index contributed by atoms with van der Waals surface area (Å²) in [4.78, 5) is 24.9. The van der Waals surface area contributed by atoms with Crippen LogP contribution in [0.1, 0.15) is 32.3 Å². The molecule has 1 aromatic carbocycles. The van der Waals surface area contributed by atoms with Gasteiger partial charge < -0.3 is 10.2 Å². The van der Waals surface area contributed by atoms with Crippen LogP contribution < -0.4 is 10.5 Å². The molecule has 0 radical (unpaired) electrons. The number of primary sulfonamides is 1. The summed E-state index contributed by atoms with van der Waals surface area (Å²) in [7, 11) is -3.68. The molecule has 0 aliphatic carbocycles. The van der Waals surface area contributed by atoms with Crippen molar-refractivity contribution in [3.8, 4) is 0 Å². The number of carbonyl (C=O) groups is 2. The minimum Gasteiger partial charge on any atom is -0.356 e. The van der Waals surface area contributed by atoms with Gasteiger partial charge in [0.2, 0.25) is 21.8 Å². The first-order chi connectivity index (χ1) is 11.2. The van der Waals surface area contributed by atoms with Gasteiger partial charge in [-0.25, -0.2) is 13.6 Å². The van der Waals surface area contributed by atoms with Crippen molar-refractivity contribution >= 4 is 21.8 Å². The maximum atomic E-state index is 11.8. The fourth-order valence-corrected chi connectivity index (χ4v) is 2.73. The minimum atomic E-state index is -3.68. The molecule has 8 heteroatoms. The zero-order chi connectivity index (χ0) is 18.2. The number of amides is 2. The summed E-state index contributed by atoms with van der Waals surface area (Å²) in [6, 6.07) is 6.24. The summed E-state index contributed by atoms with van der Waals surface area (Å²) in [5.41, 5.74) is 0.902. The lowest BCUT2D eigenvalue weighted by molar-refractivity contribution is -0.129. The van der Waals surface area contributed by atoms with E-state index < -0.39 is 10.0 Å². The largest absolute Gasteiger partial charge is 0.356 e. The van der Waals surface area contributed by atoms with Crippen LogP contribution in [0.4, 0.5) is 0 Å². The van der Waals surface area contributed by atoms with Crippen molar-refractivity contribution in [1.82, 2.24) is 10.2 Å². The second-order valence-corrected chi connectivity index (χ2v) is 7.11. The van der Waals surface area contributed by atoms with E-state index in [0.29, 0.717) is 26.1 Å². The number of nitrogens with one attached hydrogen (secondary N) is 1. The predicted octanol–water partition coefficient (Wildman–Crippen LogP) is 0.641. The van der Waals surface area contributed by atoms with Crippen LogP contribution in [0.2, 0.25) is 0 Å². The van der Waals surface area contributed by atoms with Crippen molar-refractivity contribution in [3.63, 3.8) is 0 Å². The third-order valence-electron chi connectivity index (χ3n) is 3.54. The number of rotatable bonds is 9. The lowest BCUT2D eigenvalue weighted by atomic mass is 10.1. The monoisotopic (exact) mass is 355 g/mol. The Morgan fingerprint density at radius 2 is 1.79 bits per heavy atom. The molecule has 0 aromatic heterocycles. The van der Waals surface area contributed by atoms with Gasteiger partial charge in [0.05, 0.1) is 4.90 Å². The number of hydrogen-bond donors (Lipinski definition) is 2. The molecular weight excluding hydrogens is 330 g/mol. The number of benzene rings is 1. The van der Waals surface area contributed by atoms with Crippen molar-refractivity contribution in [2.24, 2.45) is 5.14 Å². The number of hydrogen-bond acceptors (Lipinski definition) is 4. The van der Waals surface area contributed by atoms with Crippen molar-refractivity contribution < 1.29 is 18.0 Å². The molecule has 0 unspecified atom stereocenters. The Morgan fingerprint density at radius 3 is 2.29 bits per heavy atom. The highest BCUT2D eigenvalue weighted by molar-refractivity contribution is 7.89. The predicted molar refractivity (Wildman–Crippen MR) is 91.7 cm³/mol. The van der Waals surface area contributed by atoms with Crippen molar-refractivity contribution in [1.29, 1.82) is 0 Å². The highest BCUT2D eigenvalue weighted by atomic mass is 32.2. The normalized spacial score (nSPS) is 11.1. The van der Waals surface area contributed by atoms with E-state index in [0.717, 1.165) is 12.0 Å². The van der Waals surface area contributed by atoms with E-state index in [1.54, 1.807) is 17.0 Å². The summed E-state index contributed by atoms with van der Waals surface area (Å²) in [6.45, 7) is 4.99. The Labute approximate surface area is 143 Å². The molecule has 0 heterocycles. The third-order valence-corrected chi connectivity index (χ3v) is 4.46. The molecule has 0 atom stereocenters. The second-order valence-electron chi connectivity index (χ2n) is 5.54. The zero-order valence-electron chi connectivity index (χ0n) is 14.1. The smallest absolute Gasteiger partial charge is 0.238 e. The van der Waals surface area contributed by atoms with Crippen molar-refractivity contribution in [3.05, 3.63) is 29.8 Å². The highest BCUT2D eigenvalue weighted by Crippen LogP contribution is 2.08. The van der Waals surface area contributed by atoms with Crippen LogP contribution in [0.15, 0.2) is 29.2 Å². The molecule has 0 aliphatic heterocycles. The average Bonchev–Trinajstić information content (AvgIpc) is 2.50. The first-order valence-electron chi connectivity index (χ1n) is 7.88. The Morgan fingerprint density at radius 1 is 1.17 bits per heavy atom. The SMILES string of the molecule is CCCN(CCC(=O)NCCc1ccc(S(N)(=O)=O)cc1)C(C)=O.